The van der Waals surface area contributed by atoms with E-state index in [0.717, 1.165) is 5.56 Å². The molecule has 8 heteroatoms. The molecule has 0 saturated carbocycles. The van der Waals surface area contributed by atoms with E-state index in [9.17, 15) is 13.2 Å². The number of anilines is 1. The van der Waals surface area contributed by atoms with Crippen LogP contribution >= 0.6 is 11.6 Å². The fourth-order valence-electron chi connectivity index (χ4n) is 3.21. The highest BCUT2D eigenvalue weighted by Crippen LogP contribution is 2.35. The average Bonchev–Trinajstić information content (AvgIpc) is 3.12. The fraction of sp³-hybridized carbons (Fsp3) is 0.381. The lowest BCUT2D eigenvalue weighted by molar-refractivity contribution is 0.0757. The lowest BCUT2D eigenvalue weighted by atomic mass is 10.2. The van der Waals surface area contributed by atoms with Gasteiger partial charge in [0.05, 0.1) is 16.8 Å². The summed E-state index contributed by atoms with van der Waals surface area (Å²) in [5.41, 5.74) is 1.89. The van der Waals surface area contributed by atoms with E-state index in [0.29, 0.717) is 38.2 Å². The first-order chi connectivity index (χ1) is 13.8. The molecule has 2 aromatic rings. The Bertz CT molecular complexity index is 992. The zero-order chi connectivity index (χ0) is 21.0. The lowest BCUT2D eigenvalue weighted by Crippen LogP contribution is -2.30. The maximum Gasteiger partial charge on any atom is 0.265 e. The van der Waals surface area contributed by atoms with Gasteiger partial charge in [-0.3, -0.25) is 9.10 Å². The van der Waals surface area contributed by atoms with Crippen molar-refractivity contribution in [3.63, 3.8) is 0 Å². The van der Waals surface area contributed by atoms with E-state index in [1.54, 1.807) is 12.1 Å². The SMILES string of the molecule is CC(C)OCCCNC(=O)c1ccc(Cl)c(S(=O)(=O)N2CCc3ccccc32)c1. The van der Waals surface area contributed by atoms with E-state index in [2.05, 4.69) is 5.32 Å². The van der Waals surface area contributed by atoms with Crippen molar-refractivity contribution in [3.05, 3.63) is 58.6 Å². The number of halogens is 1. The number of hydrogen-bond acceptors (Lipinski definition) is 4. The summed E-state index contributed by atoms with van der Waals surface area (Å²) in [5, 5.41) is 2.88. The van der Waals surface area contributed by atoms with Gasteiger partial charge in [-0.05, 0) is 56.5 Å². The molecule has 1 aliphatic heterocycles. The number of para-hydroxylation sites is 1. The van der Waals surface area contributed by atoms with Crippen molar-refractivity contribution in [2.75, 3.05) is 24.0 Å². The Balaban J connectivity index is 1.76. The molecule has 1 heterocycles. The number of carbonyl (C=O) groups excluding carboxylic acids is 1. The van der Waals surface area contributed by atoms with Gasteiger partial charge in [-0.25, -0.2) is 8.42 Å². The maximum atomic E-state index is 13.2. The minimum atomic E-state index is -3.88. The molecule has 2 aromatic carbocycles. The van der Waals surface area contributed by atoms with Gasteiger partial charge in [0.2, 0.25) is 0 Å². The summed E-state index contributed by atoms with van der Waals surface area (Å²) in [6.45, 7) is 5.24. The van der Waals surface area contributed by atoms with Crippen molar-refractivity contribution >= 4 is 33.2 Å². The number of sulfonamides is 1. The molecule has 0 bridgehead atoms. The van der Waals surface area contributed by atoms with E-state index in [-0.39, 0.29) is 27.5 Å². The number of carbonyl (C=O) groups is 1. The summed E-state index contributed by atoms with van der Waals surface area (Å²) < 4.78 is 33.3. The minimum Gasteiger partial charge on any atom is -0.379 e. The monoisotopic (exact) mass is 436 g/mol. The number of benzene rings is 2. The van der Waals surface area contributed by atoms with E-state index in [1.165, 1.54) is 22.5 Å². The summed E-state index contributed by atoms with van der Waals surface area (Å²) in [6, 6.07) is 11.7. The number of ether oxygens (including phenoxy) is 1. The van der Waals surface area contributed by atoms with Gasteiger partial charge in [-0.1, -0.05) is 29.8 Å². The Morgan fingerprint density at radius 3 is 2.76 bits per heavy atom. The molecule has 0 radical (unpaired) electrons. The van der Waals surface area contributed by atoms with Gasteiger partial charge in [0, 0.05) is 25.3 Å². The average molecular weight is 437 g/mol. The third-order valence-corrected chi connectivity index (χ3v) is 6.96. The molecule has 0 spiro atoms. The molecule has 0 fully saturated rings. The number of fused-ring (bicyclic) bond motifs is 1. The minimum absolute atomic E-state index is 0.0633. The van der Waals surface area contributed by atoms with Crippen molar-refractivity contribution in [3.8, 4) is 0 Å². The Labute approximate surface area is 176 Å². The van der Waals surface area contributed by atoms with Crippen LogP contribution in [0.1, 0.15) is 36.2 Å². The first-order valence-electron chi connectivity index (χ1n) is 9.60. The number of amides is 1. The standard InChI is InChI=1S/C21H25ClN2O4S/c1-15(2)28-13-5-11-23-21(25)17-8-9-18(22)20(14-17)29(26,27)24-12-10-16-6-3-4-7-19(16)24/h3-4,6-9,14-15H,5,10-13H2,1-2H3,(H,23,25). The number of rotatable bonds is 8. The van der Waals surface area contributed by atoms with Crippen LogP contribution < -0.4 is 9.62 Å². The highest BCUT2D eigenvalue weighted by Gasteiger charge is 2.32. The van der Waals surface area contributed by atoms with Gasteiger partial charge in [0.25, 0.3) is 15.9 Å². The summed E-state index contributed by atoms with van der Waals surface area (Å²) in [5.74, 6) is -0.343. The lowest BCUT2D eigenvalue weighted by Gasteiger charge is -2.20. The largest absolute Gasteiger partial charge is 0.379 e. The third kappa shape index (κ3) is 4.91. The second kappa shape index (κ2) is 9.15. The molecule has 0 aliphatic carbocycles. The van der Waals surface area contributed by atoms with Crippen LogP contribution in [0.4, 0.5) is 5.69 Å². The second-order valence-electron chi connectivity index (χ2n) is 7.13. The van der Waals surface area contributed by atoms with Crippen LogP contribution in [-0.4, -0.2) is 40.1 Å². The van der Waals surface area contributed by atoms with Crippen molar-refractivity contribution in [2.24, 2.45) is 0 Å². The summed E-state index contributed by atoms with van der Waals surface area (Å²) in [4.78, 5) is 12.4. The third-order valence-electron chi connectivity index (χ3n) is 4.66. The molecule has 29 heavy (non-hydrogen) atoms. The van der Waals surface area contributed by atoms with Gasteiger partial charge < -0.3 is 10.1 Å². The van der Waals surface area contributed by atoms with Crippen LogP contribution in [-0.2, 0) is 21.2 Å². The first-order valence-corrected chi connectivity index (χ1v) is 11.4. The summed E-state index contributed by atoms with van der Waals surface area (Å²) in [7, 11) is -3.88. The molecular formula is C21H25ClN2O4S. The molecule has 1 N–H and O–H groups in total. The Morgan fingerprint density at radius 1 is 1.24 bits per heavy atom. The first kappa shape index (κ1) is 21.6. The Hall–Kier alpha value is -2.09. The van der Waals surface area contributed by atoms with E-state index in [4.69, 9.17) is 16.3 Å². The summed E-state index contributed by atoms with van der Waals surface area (Å²) >= 11 is 6.21. The van der Waals surface area contributed by atoms with Gasteiger partial charge in [-0.15, -0.1) is 0 Å². The van der Waals surface area contributed by atoms with Crippen LogP contribution in [0.3, 0.4) is 0 Å². The quantitative estimate of drug-likeness (QED) is 0.641. The van der Waals surface area contributed by atoms with Crippen LogP contribution in [0.15, 0.2) is 47.4 Å². The summed E-state index contributed by atoms with van der Waals surface area (Å²) in [6.07, 6.45) is 1.46. The Morgan fingerprint density at radius 2 is 2.00 bits per heavy atom. The van der Waals surface area contributed by atoms with E-state index >= 15 is 0 Å². The van der Waals surface area contributed by atoms with Gasteiger partial charge in [0.1, 0.15) is 4.90 Å². The normalized spacial score (nSPS) is 13.6. The molecule has 3 rings (SSSR count). The topological polar surface area (TPSA) is 75.7 Å². The second-order valence-corrected chi connectivity index (χ2v) is 9.37. The van der Waals surface area contributed by atoms with Crippen molar-refractivity contribution < 1.29 is 17.9 Å². The molecule has 1 aliphatic rings. The highest BCUT2D eigenvalue weighted by molar-refractivity contribution is 7.93. The van der Waals surface area contributed by atoms with Gasteiger partial charge in [-0.2, -0.15) is 0 Å². The van der Waals surface area contributed by atoms with Crippen molar-refractivity contribution in [1.82, 2.24) is 5.32 Å². The van der Waals surface area contributed by atoms with Crippen LogP contribution in [0.25, 0.3) is 0 Å². The molecule has 1 amide bonds. The van der Waals surface area contributed by atoms with Gasteiger partial charge in [0.15, 0.2) is 0 Å². The molecule has 156 valence electrons. The smallest absolute Gasteiger partial charge is 0.265 e. The fourth-order valence-corrected chi connectivity index (χ4v) is 5.22. The molecule has 0 aromatic heterocycles. The molecular weight excluding hydrogens is 412 g/mol. The van der Waals surface area contributed by atoms with Crippen molar-refractivity contribution in [2.45, 2.75) is 37.7 Å². The van der Waals surface area contributed by atoms with E-state index in [1.807, 2.05) is 26.0 Å². The van der Waals surface area contributed by atoms with Gasteiger partial charge >= 0.3 is 0 Å². The van der Waals surface area contributed by atoms with Crippen LogP contribution in [0.2, 0.25) is 5.02 Å². The molecule has 0 saturated heterocycles. The molecule has 6 nitrogen and oxygen atoms in total. The predicted octanol–water partition coefficient (Wildman–Crippen LogP) is 3.64. The maximum absolute atomic E-state index is 13.2. The molecule has 0 atom stereocenters. The van der Waals surface area contributed by atoms with Crippen molar-refractivity contribution in [1.29, 1.82) is 0 Å². The zero-order valence-electron chi connectivity index (χ0n) is 16.5. The predicted molar refractivity (Wildman–Crippen MR) is 114 cm³/mol. The molecule has 0 unspecified atom stereocenters. The van der Waals surface area contributed by atoms with Crippen LogP contribution in [0, 0.1) is 0 Å². The van der Waals surface area contributed by atoms with Crippen LogP contribution in [0.5, 0.6) is 0 Å². The zero-order valence-corrected chi connectivity index (χ0v) is 18.1. The van der Waals surface area contributed by atoms with E-state index < -0.39 is 10.0 Å². The number of hydrogen-bond donors (Lipinski definition) is 1. The number of nitrogens with one attached hydrogen (secondary N) is 1. The Kier molecular flexibility index (Phi) is 6.82. The number of nitrogens with zero attached hydrogens (tertiary/aromatic N) is 1. The highest BCUT2D eigenvalue weighted by atomic mass is 35.5.